The summed E-state index contributed by atoms with van der Waals surface area (Å²) in [6.45, 7) is 16.6. The maximum Gasteiger partial charge on any atom is 0.328 e. The first-order valence-electron chi connectivity index (χ1n) is 28.5. The summed E-state index contributed by atoms with van der Waals surface area (Å²) in [5.41, 5.74) is 0.462. The van der Waals surface area contributed by atoms with Crippen LogP contribution in [0.25, 0.3) is 0 Å². The van der Waals surface area contributed by atoms with Crippen LogP contribution in [0.1, 0.15) is 131 Å². The van der Waals surface area contributed by atoms with E-state index in [0.29, 0.717) is 21.9 Å². The van der Waals surface area contributed by atoms with Gasteiger partial charge in [0, 0.05) is 70.2 Å². The maximum atomic E-state index is 14.2. The number of benzene rings is 2. The summed E-state index contributed by atoms with van der Waals surface area (Å²) in [6.07, 6.45) is -0.0613. The summed E-state index contributed by atoms with van der Waals surface area (Å²) >= 11 is 6.41. The number of epoxide rings is 1. The van der Waals surface area contributed by atoms with Gasteiger partial charge in [-0.25, -0.2) is 4.79 Å². The van der Waals surface area contributed by atoms with Crippen molar-refractivity contribution >= 4 is 80.9 Å². The van der Waals surface area contributed by atoms with Crippen molar-refractivity contribution in [2.75, 3.05) is 32.5 Å². The Bertz CT molecular complexity index is 2920. The Labute approximate surface area is 507 Å². The van der Waals surface area contributed by atoms with E-state index >= 15 is 0 Å². The first-order chi connectivity index (χ1) is 40.1. The molecule has 0 radical (unpaired) electrons. The van der Waals surface area contributed by atoms with Crippen molar-refractivity contribution < 1.29 is 80.2 Å². The molecule has 1 saturated heterocycles. The monoisotopic (exact) mass is 1240 g/mol. The quantitative estimate of drug-likeness (QED) is 0.0371. The number of nitrogens with one attached hydrogen (secondary N) is 7. The van der Waals surface area contributed by atoms with Gasteiger partial charge in [-0.3, -0.25) is 47.7 Å². The third-order valence-electron chi connectivity index (χ3n) is 14.9. The molecule has 8 amide bonds. The Kier molecular flexibility index (Phi) is 26.5. The number of carbonyl (C=O) groups excluding carboxylic acids is 9. The molecule has 2 aromatic carbocycles. The SMILES string of the molecule is COc1ccc(C[C@H]2NC(=O)/C=C/C[C@@H]([C@H](C)[C@H]3O[C@@H]3c3ccc(CNC(=O)[C@H](C)NC(=O)[C@@H](NC(=O)CCN(CCC(=O)O)C(=O)CCC(=O)NCCS(=O)(=O)O)C(C)C)cc3)OC(=O)[C@H](CC(C)(C)C)NC(=O)C(C)(C)[C@H](C)NC2=O)cc1Cl. The molecule has 0 unspecified atom stereocenters. The molecule has 2 heterocycles. The molecule has 9 atom stereocenters. The van der Waals surface area contributed by atoms with Gasteiger partial charge < -0.3 is 61.4 Å². The average Bonchev–Trinajstić information content (AvgIpc) is 2.07. The van der Waals surface area contributed by atoms with E-state index in [1.165, 1.54) is 20.1 Å². The van der Waals surface area contributed by atoms with E-state index in [0.717, 1.165) is 10.5 Å². The van der Waals surface area contributed by atoms with Crippen molar-refractivity contribution in [1.82, 2.24) is 42.1 Å². The van der Waals surface area contributed by atoms with Crippen molar-refractivity contribution in [2.45, 2.75) is 169 Å². The summed E-state index contributed by atoms with van der Waals surface area (Å²) in [6, 6.07) is 7.21. The van der Waals surface area contributed by atoms with Gasteiger partial charge >= 0.3 is 11.9 Å². The number of carboxylic acid groups (broad SMARTS) is 1. The van der Waals surface area contributed by atoms with Crippen LogP contribution in [0.4, 0.5) is 0 Å². The third kappa shape index (κ3) is 23.3. The number of amides is 8. The fourth-order valence-corrected chi connectivity index (χ4v) is 9.83. The fraction of sp³-hybridized carbons (Fsp3) is 0.593. The number of aliphatic carboxylic acids is 1. The van der Waals surface area contributed by atoms with E-state index in [2.05, 4.69) is 37.2 Å². The number of rotatable bonds is 26. The van der Waals surface area contributed by atoms with Crippen LogP contribution >= 0.6 is 11.6 Å². The van der Waals surface area contributed by atoms with Gasteiger partial charge in [0.2, 0.25) is 47.3 Å². The Hall–Kier alpha value is -7.16. The normalized spacial score (nSPS) is 21.6. The number of carboxylic acids is 1. The number of methoxy groups -OCH3 is 1. The minimum Gasteiger partial charge on any atom is -0.495 e. The molecule has 2 aromatic rings. The van der Waals surface area contributed by atoms with E-state index in [-0.39, 0.29) is 58.2 Å². The Morgan fingerprint density at radius 2 is 1.50 bits per heavy atom. The smallest absolute Gasteiger partial charge is 0.328 e. The van der Waals surface area contributed by atoms with Crippen molar-refractivity contribution in [2.24, 2.45) is 22.7 Å². The van der Waals surface area contributed by atoms with Crippen LogP contribution in [0.15, 0.2) is 54.6 Å². The average molecular weight is 1250 g/mol. The van der Waals surface area contributed by atoms with Gasteiger partial charge in [-0.1, -0.05) is 89.6 Å². The van der Waals surface area contributed by atoms with E-state index in [1.807, 2.05) is 39.8 Å². The number of hydrogen-bond donors (Lipinski definition) is 9. The van der Waals surface area contributed by atoms with Crippen LogP contribution in [0, 0.1) is 22.7 Å². The Balaban J connectivity index is 1.39. The number of nitrogens with zero attached hydrogens (tertiary/aromatic N) is 1. The van der Waals surface area contributed by atoms with Crippen LogP contribution in [-0.4, -0.2) is 157 Å². The number of ether oxygens (including phenoxy) is 3. The molecule has 0 bridgehead atoms. The highest BCUT2D eigenvalue weighted by Crippen LogP contribution is 2.45. The zero-order valence-corrected chi connectivity index (χ0v) is 52.3. The van der Waals surface area contributed by atoms with Crippen LogP contribution in [0.3, 0.4) is 0 Å². The lowest BCUT2D eigenvalue weighted by Gasteiger charge is -2.35. The summed E-state index contributed by atoms with van der Waals surface area (Å²) in [5, 5.41) is 28.4. The molecule has 0 aliphatic carbocycles. The lowest BCUT2D eigenvalue weighted by molar-refractivity contribution is -0.157. The van der Waals surface area contributed by atoms with E-state index in [9.17, 15) is 61.5 Å². The van der Waals surface area contributed by atoms with Gasteiger partial charge in [-0.05, 0) is 80.3 Å². The van der Waals surface area contributed by atoms with Crippen molar-refractivity contribution in [3.63, 3.8) is 0 Å². The van der Waals surface area contributed by atoms with Gasteiger partial charge in [0.25, 0.3) is 10.1 Å². The minimum absolute atomic E-state index is 0.0573. The molecule has 0 saturated carbocycles. The van der Waals surface area contributed by atoms with Crippen LogP contribution in [0.5, 0.6) is 5.75 Å². The third-order valence-corrected chi connectivity index (χ3v) is 15.9. The van der Waals surface area contributed by atoms with Gasteiger partial charge in [-0.15, -0.1) is 0 Å². The largest absolute Gasteiger partial charge is 0.495 e. The summed E-state index contributed by atoms with van der Waals surface area (Å²) in [4.78, 5) is 133. The first-order valence-corrected chi connectivity index (χ1v) is 30.5. The van der Waals surface area contributed by atoms with Crippen molar-refractivity contribution in [3.05, 3.63) is 76.3 Å². The first kappa shape index (κ1) is 71.3. The molecule has 86 heavy (non-hydrogen) atoms. The Morgan fingerprint density at radius 3 is 2.10 bits per heavy atom. The van der Waals surface area contributed by atoms with Gasteiger partial charge in [0.1, 0.15) is 42.1 Å². The Morgan fingerprint density at radius 1 is 0.849 bits per heavy atom. The molecule has 0 aromatic heterocycles. The van der Waals surface area contributed by atoms with E-state index in [1.54, 1.807) is 71.0 Å². The maximum absolute atomic E-state index is 14.2. The molecule has 25 nitrogen and oxygen atoms in total. The molecule has 2 aliphatic rings. The van der Waals surface area contributed by atoms with Gasteiger partial charge in [-0.2, -0.15) is 8.42 Å². The fourth-order valence-electron chi connectivity index (χ4n) is 9.19. The van der Waals surface area contributed by atoms with Gasteiger partial charge in [0.05, 0.1) is 35.8 Å². The zero-order chi connectivity index (χ0) is 64.4. The van der Waals surface area contributed by atoms with Gasteiger partial charge in [0.15, 0.2) is 0 Å². The molecule has 476 valence electrons. The molecular formula is C59H85ClN8O17S. The van der Waals surface area contributed by atoms with Crippen molar-refractivity contribution in [1.29, 1.82) is 0 Å². The standard InChI is InChI=1S/C59H85ClN8O17S/c1-33(2)50(67-47(71)23-26-68(27-24-49(73)74)48(72)22-21-45(69)61-25-28-86(80,81)82)55(77)63-35(4)53(75)62-32-37-15-18-39(19-16-37)52-51(85-52)34(3)43-13-12-14-46(70)65-41(30-38-17-20-44(83-11)40(60)29-38)54(76)64-36(5)59(9,10)57(79)66-42(56(78)84-43)31-58(6,7)8/h12,14-20,29,33-36,41-43,50-52H,13,21-28,30-32H2,1-11H3,(H,61,69)(H,62,75)(H,63,77)(H,64,76)(H,65,70)(H,66,79)(H,67,71)(H,73,74)(H,80,81,82)/b14-12+/t34-,35-,36-,41+,42-,43-,50-,51+,52+/m0/s1. The second kappa shape index (κ2) is 32.0. The molecule has 0 spiro atoms. The summed E-state index contributed by atoms with van der Waals surface area (Å²) < 4.78 is 48.4. The predicted octanol–water partition coefficient (Wildman–Crippen LogP) is 3.22. The van der Waals surface area contributed by atoms with E-state index < -0.39 is 159 Å². The van der Waals surface area contributed by atoms with Crippen LogP contribution in [-0.2, 0) is 80.5 Å². The second-order valence-corrected chi connectivity index (χ2v) is 25.8. The van der Waals surface area contributed by atoms with Crippen LogP contribution < -0.4 is 42.0 Å². The number of halogens is 1. The second-order valence-electron chi connectivity index (χ2n) is 23.9. The number of esters is 1. The lowest BCUT2D eigenvalue weighted by Crippen LogP contribution is -2.58. The predicted molar refractivity (Wildman–Crippen MR) is 316 cm³/mol. The van der Waals surface area contributed by atoms with E-state index in [4.69, 9.17) is 30.4 Å². The molecule has 1 fully saturated rings. The highest BCUT2D eigenvalue weighted by molar-refractivity contribution is 7.85. The molecule has 2 aliphatic heterocycles. The molecular weight excluding hydrogens is 1160 g/mol. The lowest BCUT2D eigenvalue weighted by atomic mass is 9.82. The topological polar surface area (TPSA) is 364 Å². The molecule has 4 rings (SSSR count). The van der Waals surface area contributed by atoms with Crippen molar-refractivity contribution in [3.8, 4) is 5.75 Å². The molecule has 27 heteroatoms. The zero-order valence-electron chi connectivity index (χ0n) is 50.7. The highest BCUT2D eigenvalue weighted by Gasteiger charge is 2.48. The number of cyclic esters (lactones) is 1. The number of carbonyl (C=O) groups is 10. The number of hydrogen-bond acceptors (Lipinski definition) is 15. The summed E-state index contributed by atoms with van der Waals surface area (Å²) in [7, 11) is -2.84. The minimum atomic E-state index is -4.32. The molecule has 9 N–H and O–H groups in total. The highest BCUT2D eigenvalue weighted by atomic mass is 35.5. The summed E-state index contributed by atoms with van der Waals surface area (Å²) in [5.74, 6) is -7.89. The van der Waals surface area contributed by atoms with Crippen LogP contribution in [0.2, 0.25) is 5.02 Å².